The average Bonchev–Trinajstić information content (AvgIpc) is 2.91. The number of carbonyl (C=O) groups is 2. The third-order valence-corrected chi connectivity index (χ3v) is 4.60. The van der Waals surface area contributed by atoms with Crippen molar-refractivity contribution in [2.75, 3.05) is 11.4 Å². The summed E-state index contributed by atoms with van der Waals surface area (Å²) in [5, 5.41) is 9.54. The van der Waals surface area contributed by atoms with Gasteiger partial charge in [-0.3, -0.25) is 14.5 Å². The lowest BCUT2D eigenvalue weighted by Crippen LogP contribution is -2.25. The zero-order chi connectivity index (χ0) is 13.6. The van der Waals surface area contributed by atoms with E-state index in [4.69, 9.17) is 5.11 Å². The van der Waals surface area contributed by atoms with E-state index in [0.717, 1.165) is 14.7 Å². The van der Waals surface area contributed by atoms with Gasteiger partial charge < -0.3 is 5.11 Å². The number of amides is 1. The van der Waals surface area contributed by atoms with E-state index in [1.807, 2.05) is 18.2 Å². The molecule has 0 bridgehead atoms. The number of benzene rings is 1. The number of aromatic nitrogens is 1. The van der Waals surface area contributed by atoms with Gasteiger partial charge >= 0.3 is 5.97 Å². The number of fused-ring (bicyclic) bond motifs is 1. The Balaban J connectivity index is 1.96. The van der Waals surface area contributed by atoms with E-state index in [-0.39, 0.29) is 18.9 Å². The van der Waals surface area contributed by atoms with Crippen molar-refractivity contribution in [3.63, 3.8) is 0 Å². The highest BCUT2D eigenvalue weighted by Crippen LogP contribution is 2.33. The smallest absolute Gasteiger partial charge is 0.308 e. The first-order valence-electron chi connectivity index (χ1n) is 5.64. The minimum atomic E-state index is -0.931. The molecule has 2 aromatic rings. The molecule has 98 valence electrons. The first-order chi connectivity index (χ1) is 9.04. The molecule has 0 saturated carbocycles. The van der Waals surface area contributed by atoms with Crippen LogP contribution >= 0.6 is 27.3 Å². The van der Waals surface area contributed by atoms with E-state index in [1.54, 1.807) is 0 Å². The van der Waals surface area contributed by atoms with Crippen LogP contribution in [0.1, 0.15) is 6.42 Å². The fraction of sp³-hybridized carbons (Fsp3) is 0.250. The maximum absolute atomic E-state index is 11.9. The predicted molar refractivity (Wildman–Crippen MR) is 75.4 cm³/mol. The number of nitrogens with zero attached hydrogens (tertiary/aromatic N) is 2. The Morgan fingerprint density at radius 2 is 2.32 bits per heavy atom. The van der Waals surface area contributed by atoms with Crippen LogP contribution < -0.4 is 4.90 Å². The van der Waals surface area contributed by atoms with Crippen LogP contribution in [0.15, 0.2) is 22.7 Å². The van der Waals surface area contributed by atoms with Gasteiger partial charge in [-0.2, -0.15) is 0 Å². The maximum Gasteiger partial charge on any atom is 0.308 e. The van der Waals surface area contributed by atoms with Crippen LogP contribution in [0, 0.1) is 5.92 Å². The van der Waals surface area contributed by atoms with Gasteiger partial charge in [-0.1, -0.05) is 27.3 Å². The number of rotatable bonds is 2. The second-order valence-electron chi connectivity index (χ2n) is 4.35. The van der Waals surface area contributed by atoms with Crippen LogP contribution in [0.4, 0.5) is 5.13 Å². The summed E-state index contributed by atoms with van der Waals surface area (Å²) < 4.78 is 1.90. The number of carboxylic acids is 1. The van der Waals surface area contributed by atoms with Crippen LogP contribution in [0.3, 0.4) is 0 Å². The Hall–Kier alpha value is -1.47. The van der Waals surface area contributed by atoms with Crippen LogP contribution in [0.5, 0.6) is 0 Å². The lowest BCUT2D eigenvalue weighted by atomic mass is 10.1. The molecule has 1 amide bonds. The Bertz CT molecular complexity index is 685. The minimum absolute atomic E-state index is 0.0505. The second-order valence-corrected chi connectivity index (χ2v) is 6.28. The number of carbonyl (C=O) groups excluding carboxylic acids is 1. The second kappa shape index (κ2) is 4.57. The first kappa shape index (κ1) is 12.6. The number of thiazole rings is 1. The van der Waals surface area contributed by atoms with Crippen molar-refractivity contribution >= 4 is 54.5 Å². The molecule has 1 aromatic heterocycles. The summed E-state index contributed by atoms with van der Waals surface area (Å²) >= 11 is 4.77. The summed E-state index contributed by atoms with van der Waals surface area (Å²) in [7, 11) is 0. The lowest BCUT2D eigenvalue weighted by Gasteiger charge is -2.10. The number of hydrogen-bond donors (Lipinski definition) is 1. The molecule has 1 aliphatic rings. The van der Waals surface area contributed by atoms with Crippen molar-refractivity contribution in [1.82, 2.24) is 4.98 Å². The summed E-state index contributed by atoms with van der Waals surface area (Å²) in [5.74, 6) is -1.74. The highest BCUT2D eigenvalue weighted by Gasteiger charge is 2.36. The Labute approximate surface area is 121 Å². The lowest BCUT2D eigenvalue weighted by molar-refractivity contribution is -0.141. The van der Waals surface area contributed by atoms with Gasteiger partial charge in [-0.05, 0) is 18.2 Å². The molecule has 3 rings (SSSR count). The van der Waals surface area contributed by atoms with Gasteiger partial charge in [0.15, 0.2) is 5.13 Å². The Morgan fingerprint density at radius 3 is 3.00 bits per heavy atom. The van der Waals surface area contributed by atoms with Gasteiger partial charge in [0.05, 0.1) is 16.1 Å². The molecule has 2 heterocycles. The molecular weight excluding hydrogens is 332 g/mol. The van der Waals surface area contributed by atoms with Crippen molar-refractivity contribution < 1.29 is 14.7 Å². The largest absolute Gasteiger partial charge is 0.481 e. The van der Waals surface area contributed by atoms with Gasteiger partial charge in [0.1, 0.15) is 0 Å². The van der Waals surface area contributed by atoms with Gasteiger partial charge in [-0.25, -0.2) is 4.98 Å². The number of hydrogen-bond acceptors (Lipinski definition) is 4. The first-order valence-corrected chi connectivity index (χ1v) is 7.25. The fourth-order valence-corrected chi connectivity index (χ4v) is 3.38. The molecule has 5 nitrogen and oxygen atoms in total. The number of carboxylic acid groups (broad SMARTS) is 1. The van der Waals surface area contributed by atoms with Crippen LogP contribution in [0.2, 0.25) is 0 Å². The average molecular weight is 341 g/mol. The molecule has 7 heteroatoms. The highest BCUT2D eigenvalue weighted by atomic mass is 79.9. The van der Waals surface area contributed by atoms with Crippen molar-refractivity contribution in [2.24, 2.45) is 5.92 Å². The molecule has 0 aliphatic carbocycles. The highest BCUT2D eigenvalue weighted by molar-refractivity contribution is 9.10. The van der Waals surface area contributed by atoms with Crippen molar-refractivity contribution in [3.8, 4) is 0 Å². The molecular formula is C12H9BrN2O3S. The van der Waals surface area contributed by atoms with Gasteiger partial charge in [0, 0.05) is 17.4 Å². The number of aliphatic carboxylic acids is 1. The quantitative estimate of drug-likeness (QED) is 0.911. The SMILES string of the molecule is O=C(O)C1CC(=O)N(c2nc3cc(Br)ccc3s2)C1. The van der Waals surface area contributed by atoms with Crippen LogP contribution in [-0.2, 0) is 9.59 Å². The minimum Gasteiger partial charge on any atom is -0.481 e. The molecule has 1 aliphatic heterocycles. The summed E-state index contributed by atoms with van der Waals surface area (Å²) in [4.78, 5) is 28.7. The zero-order valence-corrected chi connectivity index (χ0v) is 12.1. The van der Waals surface area contributed by atoms with Crippen LogP contribution in [-0.4, -0.2) is 28.5 Å². The van der Waals surface area contributed by atoms with Crippen molar-refractivity contribution in [1.29, 1.82) is 0 Å². The third kappa shape index (κ3) is 2.23. The summed E-state index contributed by atoms with van der Waals surface area (Å²) in [6, 6.07) is 5.72. The van der Waals surface area contributed by atoms with E-state index in [0.29, 0.717) is 5.13 Å². The van der Waals surface area contributed by atoms with E-state index in [9.17, 15) is 9.59 Å². The number of halogens is 1. The molecule has 1 N–H and O–H groups in total. The topological polar surface area (TPSA) is 70.5 Å². The molecule has 1 fully saturated rings. The zero-order valence-electron chi connectivity index (χ0n) is 9.67. The van der Waals surface area contributed by atoms with Crippen LogP contribution in [0.25, 0.3) is 10.2 Å². The maximum atomic E-state index is 11.9. The molecule has 1 atom stereocenters. The van der Waals surface area contributed by atoms with E-state index in [2.05, 4.69) is 20.9 Å². The molecule has 19 heavy (non-hydrogen) atoms. The fourth-order valence-electron chi connectivity index (χ4n) is 2.06. The predicted octanol–water partition coefficient (Wildman–Crippen LogP) is 2.50. The van der Waals surface area contributed by atoms with E-state index in [1.165, 1.54) is 16.2 Å². The molecule has 1 aromatic carbocycles. The van der Waals surface area contributed by atoms with Gasteiger partial charge in [-0.15, -0.1) is 0 Å². The van der Waals surface area contributed by atoms with Gasteiger partial charge in [0.25, 0.3) is 0 Å². The van der Waals surface area contributed by atoms with Crippen molar-refractivity contribution in [3.05, 3.63) is 22.7 Å². The van der Waals surface area contributed by atoms with E-state index >= 15 is 0 Å². The molecule has 0 spiro atoms. The Morgan fingerprint density at radius 1 is 1.53 bits per heavy atom. The van der Waals surface area contributed by atoms with E-state index < -0.39 is 11.9 Å². The summed E-state index contributed by atoms with van der Waals surface area (Å²) in [5.41, 5.74) is 0.806. The third-order valence-electron chi connectivity index (χ3n) is 3.04. The Kier molecular flexibility index (Phi) is 3.02. The standard InChI is InChI=1S/C12H9BrN2O3S/c13-7-1-2-9-8(4-7)14-12(19-9)15-5-6(11(17)18)3-10(15)16/h1-2,4,6H,3,5H2,(H,17,18). The monoisotopic (exact) mass is 340 g/mol. The number of anilines is 1. The molecule has 0 radical (unpaired) electrons. The van der Waals surface area contributed by atoms with Crippen molar-refractivity contribution in [2.45, 2.75) is 6.42 Å². The normalized spacial score (nSPS) is 19.3. The molecule has 1 saturated heterocycles. The summed E-state index contributed by atoms with van der Waals surface area (Å²) in [6.07, 6.45) is 0.0505. The molecule has 1 unspecified atom stereocenters. The van der Waals surface area contributed by atoms with Gasteiger partial charge in [0.2, 0.25) is 5.91 Å². The summed E-state index contributed by atoms with van der Waals surface area (Å²) in [6.45, 7) is 0.204.